The highest BCUT2D eigenvalue weighted by Gasteiger charge is 2.32. The highest BCUT2D eigenvalue weighted by molar-refractivity contribution is 5.92. The Kier molecular flexibility index (Phi) is 10.1. The molecule has 0 bridgehead atoms. The monoisotopic (exact) mass is 589 g/mol. The van der Waals surface area contributed by atoms with E-state index in [1.54, 1.807) is 30.0 Å². The molecule has 12 heteroatoms. The van der Waals surface area contributed by atoms with Crippen LogP contribution in [0.4, 0.5) is 13.2 Å². The molecule has 0 unspecified atom stereocenters. The van der Waals surface area contributed by atoms with Crippen LogP contribution in [0.15, 0.2) is 53.1 Å². The summed E-state index contributed by atoms with van der Waals surface area (Å²) in [5.41, 5.74) is 0.524. The van der Waals surface area contributed by atoms with Crippen LogP contribution in [0.25, 0.3) is 0 Å². The van der Waals surface area contributed by atoms with Crippen molar-refractivity contribution in [3.05, 3.63) is 77.0 Å². The van der Waals surface area contributed by atoms with E-state index in [1.165, 1.54) is 26.5 Å². The number of oxazole rings is 1. The molecule has 3 aromatic rings. The maximum atomic E-state index is 13.4. The molecular formula is C30H34F3N3O6. The van der Waals surface area contributed by atoms with Gasteiger partial charge in [-0.1, -0.05) is 30.3 Å². The lowest BCUT2D eigenvalue weighted by atomic mass is 9.98. The summed E-state index contributed by atoms with van der Waals surface area (Å²) in [5.74, 6) is 0.146. The number of hydrogen-bond donors (Lipinski definition) is 0. The van der Waals surface area contributed by atoms with Crippen LogP contribution in [0.1, 0.15) is 52.8 Å². The summed E-state index contributed by atoms with van der Waals surface area (Å²) in [6.07, 6.45) is -1.91. The number of nitrogens with zero attached hydrogens (tertiary/aromatic N) is 3. The minimum atomic E-state index is -4.48. The number of carbonyl (C=O) groups excluding carboxylic acids is 2. The molecule has 1 aliphatic rings. The number of hydrogen-bond acceptors (Lipinski definition) is 8. The van der Waals surface area contributed by atoms with Crippen LogP contribution >= 0.6 is 0 Å². The van der Waals surface area contributed by atoms with Crippen molar-refractivity contribution in [3.8, 4) is 11.5 Å². The zero-order valence-electron chi connectivity index (χ0n) is 23.8. The lowest BCUT2D eigenvalue weighted by Crippen LogP contribution is -2.43. The second-order valence-corrected chi connectivity index (χ2v) is 9.96. The molecular weight excluding hydrogens is 555 g/mol. The fraction of sp³-hybridized carbons (Fsp3) is 0.433. The Morgan fingerprint density at radius 2 is 1.88 bits per heavy atom. The van der Waals surface area contributed by atoms with Crippen LogP contribution in [0, 0.1) is 5.92 Å². The van der Waals surface area contributed by atoms with Crippen molar-refractivity contribution in [2.45, 2.75) is 45.6 Å². The summed E-state index contributed by atoms with van der Waals surface area (Å²) in [6.45, 7) is 3.20. The van der Waals surface area contributed by atoms with Gasteiger partial charge in [0.05, 0.1) is 38.9 Å². The van der Waals surface area contributed by atoms with Crippen molar-refractivity contribution < 1.29 is 41.4 Å². The highest BCUT2D eigenvalue weighted by atomic mass is 19.4. The molecule has 9 nitrogen and oxygen atoms in total. The molecule has 0 spiro atoms. The standard InChI is InChI=1S/C30H34F3N3O6/c1-4-41-29(38)22-10-7-13-36(17-22)28(37)24-19-42-26(34-24)18-35(15-20-8-5-11-23(14-20)30(31,32)33)16-21-9-6-12-25(39-2)27(21)40-3/h5-6,8-9,11-12,14,19,22H,4,7,10,13,15-18H2,1-3H3/t22-/m0/s1. The molecule has 1 aromatic heterocycles. The zero-order valence-corrected chi connectivity index (χ0v) is 23.8. The van der Waals surface area contributed by atoms with Crippen molar-refractivity contribution in [1.29, 1.82) is 0 Å². The molecule has 0 aliphatic carbocycles. The van der Waals surface area contributed by atoms with Gasteiger partial charge in [0.25, 0.3) is 5.91 Å². The summed E-state index contributed by atoms with van der Waals surface area (Å²) in [4.78, 5) is 33.2. The SMILES string of the molecule is CCOC(=O)[C@H]1CCCN(C(=O)c2coc(CN(Cc3cccc(C(F)(F)F)c3)Cc3cccc(OC)c3OC)n2)C1. The molecule has 0 N–H and O–H groups in total. The number of likely N-dealkylation sites (tertiary alicyclic amines) is 1. The van der Waals surface area contributed by atoms with Gasteiger partial charge in [0.15, 0.2) is 17.2 Å². The number of para-hydroxylation sites is 1. The molecule has 1 aliphatic heterocycles. The summed E-state index contributed by atoms with van der Waals surface area (Å²) in [7, 11) is 3.03. The van der Waals surface area contributed by atoms with Crippen LogP contribution in [-0.4, -0.2) is 60.6 Å². The van der Waals surface area contributed by atoms with Gasteiger partial charge in [0, 0.05) is 31.7 Å². The highest BCUT2D eigenvalue weighted by Crippen LogP contribution is 2.33. The van der Waals surface area contributed by atoms with E-state index in [1.807, 2.05) is 11.0 Å². The Morgan fingerprint density at radius 3 is 2.60 bits per heavy atom. The Bertz CT molecular complexity index is 1380. The Balaban J connectivity index is 1.55. The van der Waals surface area contributed by atoms with Gasteiger partial charge < -0.3 is 23.5 Å². The maximum absolute atomic E-state index is 13.4. The van der Waals surface area contributed by atoms with Crippen LogP contribution < -0.4 is 9.47 Å². The maximum Gasteiger partial charge on any atom is 0.416 e. The molecule has 2 heterocycles. The Morgan fingerprint density at radius 1 is 1.10 bits per heavy atom. The number of rotatable bonds is 11. The lowest BCUT2D eigenvalue weighted by Gasteiger charge is -2.30. The Labute approximate surface area is 242 Å². The third-order valence-electron chi connectivity index (χ3n) is 7.00. The molecule has 1 atom stereocenters. The number of carbonyl (C=O) groups is 2. The molecule has 1 saturated heterocycles. The van der Waals surface area contributed by atoms with Crippen molar-refractivity contribution in [3.63, 3.8) is 0 Å². The van der Waals surface area contributed by atoms with Crippen molar-refractivity contribution in [2.24, 2.45) is 5.92 Å². The van der Waals surface area contributed by atoms with Crippen LogP contribution in [-0.2, 0) is 35.3 Å². The number of ether oxygens (including phenoxy) is 3. The van der Waals surface area contributed by atoms with Gasteiger partial charge in [-0.25, -0.2) is 4.98 Å². The van der Waals surface area contributed by atoms with Crippen molar-refractivity contribution >= 4 is 11.9 Å². The Hall–Kier alpha value is -4.06. The second-order valence-electron chi connectivity index (χ2n) is 9.96. The molecule has 0 saturated carbocycles. The molecule has 2 aromatic carbocycles. The summed E-state index contributed by atoms with van der Waals surface area (Å²) in [6, 6.07) is 10.5. The topological polar surface area (TPSA) is 94.3 Å². The van der Waals surface area contributed by atoms with Gasteiger partial charge in [-0.15, -0.1) is 0 Å². The van der Waals surface area contributed by atoms with Gasteiger partial charge in [-0.3, -0.25) is 14.5 Å². The number of amides is 1. The van der Waals surface area contributed by atoms with E-state index < -0.39 is 17.7 Å². The predicted molar refractivity (Wildman–Crippen MR) is 146 cm³/mol. The first-order chi connectivity index (χ1) is 20.1. The normalized spacial score (nSPS) is 15.5. The van der Waals surface area contributed by atoms with Crippen molar-refractivity contribution in [1.82, 2.24) is 14.8 Å². The number of methoxy groups -OCH3 is 2. The third kappa shape index (κ3) is 7.61. The minimum absolute atomic E-state index is 0.0903. The van der Waals surface area contributed by atoms with E-state index >= 15 is 0 Å². The van der Waals surface area contributed by atoms with Gasteiger partial charge >= 0.3 is 12.1 Å². The number of aromatic nitrogens is 1. The number of alkyl halides is 3. The first-order valence-electron chi connectivity index (χ1n) is 13.6. The number of halogens is 3. The first-order valence-corrected chi connectivity index (χ1v) is 13.6. The van der Waals surface area contributed by atoms with Gasteiger partial charge in [-0.05, 0) is 37.5 Å². The second kappa shape index (κ2) is 13.7. The summed E-state index contributed by atoms with van der Waals surface area (Å²) in [5, 5.41) is 0. The van der Waals surface area contributed by atoms with E-state index in [4.69, 9.17) is 18.6 Å². The smallest absolute Gasteiger partial charge is 0.416 e. The predicted octanol–water partition coefficient (Wildman–Crippen LogP) is 5.33. The first kappa shape index (κ1) is 30.9. The quantitative estimate of drug-likeness (QED) is 0.277. The average Bonchev–Trinajstić information content (AvgIpc) is 3.44. The van der Waals surface area contributed by atoms with Gasteiger partial charge in [0.1, 0.15) is 6.26 Å². The largest absolute Gasteiger partial charge is 0.493 e. The average molecular weight is 590 g/mol. The van der Waals surface area contributed by atoms with E-state index in [0.29, 0.717) is 36.4 Å². The molecule has 42 heavy (non-hydrogen) atoms. The third-order valence-corrected chi connectivity index (χ3v) is 7.00. The molecule has 1 fully saturated rings. The zero-order chi connectivity index (χ0) is 30.3. The fourth-order valence-electron chi connectivity index (χ4n) is 5.04. The van der Waals surface area contributed by atoms with E-state index in [9.17, 15) is 22.8 Å². The summed E-state index contributed by atoms with van der Waals surface area (Å²) < 4.78 is 61.9. The molecule has 0 radical (unpaired) electrons. The number of esters is 1. The van der Waals surface area contributed by atoms with Gasteiger partial charge in [-0.2, -0.15) is 13.2 Å². The number of benzene rings is 2. The number of piperidine rings is 1. The van der Waals surface area contributed by atoms with E-state index in [-0.39, 0.29) is 56.2 Å². The van der Waals surface area contributed by atoms with Crippen LogP contribution in [0.5, 0.6) is 11.5 Å². The minimum Gasteiger partial charge on any atom is -0.493 e. The van der Waals surface area contributed by atoms with Crippen LogP contribution in [0.3, 0.4) is 0 Å². The molecule has 4 rings (SSSR count). The van der Waals surface area contributed by atoms with E-state index in [0.717, 1.165) is 17.7 Å². The van der Waals surface area contributed by atoms with Crippen LogP contribution in [0.2, 0.25) is 0 Å². The van der Waals surface area contributed by atoms with Gasteiger partial charge in [0.2, 0.25) is 5.89 Å². The van der Waals surface area contributed by atoms with Crippen molar-refractivity contribution in [2.75, 3.05) is 33.9 Å². The molecule has 226 valence electrons. The summed E-state index contributed by atoms with van der Waals surface area (Å²) >= 11 is 0. The fourth-order valence-corrected chi connectivity index (χ4v) is 5.04. The molecule has 1 amide bonds. The van der Waals surface area contributed by atoms with E-state index in [2.05, 4.69) is 4.98 Å². The lowest BCUT2D eigenvalue weighted by molar-refractivity contribution is -0.149.